The summed E-state index contributed by atoms with van der Waals surface area (Å²) in [6.07, 6.45) is 52.5. The third kappa shape index (κ3) is 67.0. The molecule has 0 aliphatic heterocycles. The molecule has 0 aromatic heterocycles. The van der Waals surface area contributed by atoms with Crippen LogP contribution in [0.3, 0.4) is 0 Å². The summed E-state index contributed by atoms with van der Waals surface area (Å²) in [5, 5.41) is 10.6. The minimum atomic E-state index is -4.95. The number of rotatable bonds is 73. The maximum atomic E-state index is 13.1. The highest BCUT2D eigenvalue weighted by molar-refractivity contribution is 7.47. The van der Waals surface area contributed by atoms with Gasteiger partial charge in [-0.25, -0.2) is 9.13 Å². The van der Waals surface area contributed by atoms with Crippen LogP contribution in [-0.2, 0) is 65.4 Å². The zero-order chi connectivity index (χ0) is 68.6. The Balaban J connectivity index is 5.27. The normalized spacial score (nSPS) is 14.3. The molecule has 93 heavy (non-hydrogen) atoms. The van der Waals surface area contributed by atoms with Crippen LogP contribution in [0.15, 0.2) is 0 Å². The van der Waals surface area contributed by atoms with Gasteiger partial charge in [0.2, 0.25) is 0 Å². The number of hydrogen-bond acceptors (Lipinski definition) is 15. The Bertz CT molecular complexity index is 1810. The van der Waals surface area contributed by atoms with E-state index >= 15 is 0 Å². The summed E-state index contributed by atoms with van der Waals surface area (Å²) in [6.45, 7) is 9.60. The van der Waals surface area contributed by atoms with E-state index in [2.05, 4.69) is 41.5 Å². The number of aliphatic hydroxyl groups excluding tert-OH is 1. The number of ether oxygens (including phenoxy) is 4. The Hall–Kier alpha value is -1.94. The third-order valence-corrected chi connectivity index (χ3v) is 19.5. The topological polar surface area (TPSA) is 237 Å². The van der Waals surface area contributed by atoms with Crippen LogP contribution in [0, 0.1) is 11.8 Å². The predicted octanol–water partition coefficient (Wildman–Crippen LogP) is 21.6. The fourth-order valence-electron chi connectivity index (χ4n) is 11.3. The molecule has 0 bridgehead atoms. The molecule has 0 heterocycles. The molecular formula is C74H144O17P2. The first-order chi connectivity index (χ1) is 44.9. The Morgan fingerprint density at radius 1 is 0.312 bits per heavy atom. The lowest BCUT2D eigenvalue weighted by molar-refractivity contribution is -0.161. The molecule has 0 aromatic carbocycles. The van der Waals surface area contributed by atoms with Gasteiger partial charge in [0.15, 0.2) is 12.2 Å². The molecule has 0 aliphatic carbocycles. The lowest BCUT2D eigenvalue weighted by Gasteiger charge is -2.21. The highest BCUT2D eigenvalue weighted by Gasteiger charge is 2.30. The van der Waals surface area contributed by atoms with E-state index in [-0.39, 0.29) is 25.7 Å². The van der Waals surface area contributed by atoms with Gasteiger partial charge in [0.1, 0.15) is 19.3 Å². The summed E-state index contributed by atoms with van der Waals surface area (Å²) in [4.78, 5) is 72.8. The standard InChI is InChI=1S/C74H144O17P2/c1-7-10-12-14-16-18-20-22-23-25-33-39-45-51-57-72(77)85-63-70(91-74(79)59-53-47-41-35-29-27-31-37-43-49-55-67(6)9-3)65-89-93(82,83)87-61-68(75)60-86-92(80,81)88-64-69(62-84-71(76)56-50-44-38-32-24-21-19-17-15-13-11-8-2)90-73(78)58-52-46-40-34-28-26-30-36-42-48-54-66(4)5/h66-70,75H,7-65H2,1-6H3,(H,80,81)(H,82,83)/t67?,68-,69+,70+/m0/s1. The lowest BCUT2D eigenvalue weighted by atomic mass is 9.99. The Morgan fingerprint density at radius 3 is 0.817 bits per heavy atom. The summed E-state index contributed by atoms with van der Waals surface area (Å²) >= 11 is 0. The molecule has 0 radical (unpaired) electrons. The van der Waals surface area contributed by atoms with E-state index in [0.717, 1.165) is 102 Å². The van der Waals surface area contributed by atoms with E-state index in [1.807, 2.05) is 0 Å². The molecule has 0 fully saturated rings. The molecule has 3 unspecified atom stereocenters. The van der Waals surface area contributed by atoms with E-state index in [0.29, 0.717) is 25.7 Å². The van der Waals surface area contributed by atoms with Crippen LogP contribution in [0.4, 0.5) is 0 Å². The molecule has 0 aliphatic rings. The summed E-state index contributed by atoms with van der Waals surface area (Å²) < 4.78 is 68.5. The largest absolute Gasteiger partial charge is 0.472 e. The number of carbonyl (C=O) groups excluding carboxylic acids is 4. The first-order valence-electron chi connectivity index (χ1n) is 38.5. The Labute approximate surface area is 568 Å². The highest BCUT2D eigenvalue weighted by atomic mass is 31.2. The molecule has 552 valence electrons. The van der Waals surface area contributed by atoms with Gasteiger partial charge in [-0.2, -0.15) is 0 Å². The average Bonchev–Trinajstić information content (AvgIpc) is 2.85. The molecule has 0 spiro atoms. The van der Waals surface area contributed by atoms with Crippen LogP contribution in [0.2, 0.25) is 0 Å². The molecule has 6 atom stereocenters. The van der Waals surface area contributed by atoms with Crippen LogP contribution >= 0.6 is 15.6 Å². The van der Waals surface area contributed by atoms with E-state index in [1.165, 1.54) is 199 Å². The number of unbranched alkanes of at least 4 members (excludes halogenated alkanes) is 42. The van der Waals surface area contributed by atoms with Gasteiger partial charge in [0.25, 0.3) is 0 Å². The fourth-order valence-corrected chi connectivity index (χ4v) is 12.8. The second kappa shape index (κ2) is 66.0. The third-order valence-electron chi connectivity index (χ3n) is 17.6. The van der Waals surface area contributed by atoms with Crippen LogP contribution in [0.25, 0.3) is 0 Å². The Kier molecular flexibility index (Phi) is 64.6. The van der Waals surface area contributed by atoms with E-state index in [1.54, 1.807) is 0 Å². The van der Waals surface area contributed by atoms with Gasteiger partial charge >= 0.3 is 39.5 Å². The first kappa shape index (κ1) is 91.1. The number of esters is 4. The quantitative estimate of drug-likeness (QED) is 0.0222. The van der Waals surface area contributed by atoms with Crippen molar-refractivity contribution >= 4 is 39.5 Å². The molecule has 0 saturated heterocycles. The van der Waals surface area contributed by atoms with Gasteiger partial charge in [-0.15, -0.1) is 0 Å². The van der Waals surface area contributed by atoms with Crippen molar-refractivity contribution < 1.29 is 80.2 Å². The second-order valence-corrected chi connectivity index (χ2v) is 30.3. The van der Waals surface area contributed by atoms with Crippen LogP contribution in [-0.4, -0.2) is 96.7 Å². The average molecular weight is 1370 g/mol. The molecule has 0 saturated carbocycles. The zero-order valence-electron chi connectivity index (χ0n) is 60.6. The molecule has 19 heteroatoms. The predicted molar refractivity (Wildman–Crippen MR) is 377 cm³/mol. The number of phosphoric acid groups is 2. The molecule has 17 nitrogen and oxygen atoms in total. The minimum absolute atomic E-state index is 0.106. The van der Waals surface area contributed by atoms with Gasteiger partial charge in [0.05, 0.1) is 26.4 Å². The SMILES string of the molecule is CCCCCCCCCCCCCCCCC(=O)OC[C@H](COP(=O)(O)OC[C@@H](O)COP(=O)(O)OC[C@@H](COC(=O)CCCCCCCCCCCCCC)OC(=O)CCCCCCCCCCCCC(C)C)OC(=O)CCCCCCCCCCCCC(C)CC. The van der Waals surface area contributed by atoms with E-state index in [9.17, 15) is 43.2 Å². The van der Waals surface area contributed by atoms with Gasteiger partial charge in [-0.1, -0.05) is 330 Å². The highest BCUT2D eigenvalue weighted by Crippen LogP contribution is 2.45. The summed E-state index contributed by atoms with van der Waals surface area (Å²) in [7, 11) is -9.91. The molecule has 0 aromatic rings. The van der Waals surface area contributed by atoms with Gasteiger partial charge < -0.3 is 33.8 Å². The minimum Gasteiger partial charge on any atom is -0.462 e. The number of aliphatic hydroxyl groups is 1. The van der Waals surface area contributed by atoms with Crippen molar-refractivity contribution in [1.29, 1.82) is 0 Å². The van der Waals surface area contributed by atoms with Crippen molar-refractivity contribution in [2.24, 2.45) is 11.8 Å². The zero-order valence-corrected chi connectivity index (χ0v) is 62.3. The van der Waals surface area contributed by atoms with Crippen molar-refractivity contribution in [2.75, 3.05) is 39.6 Å². The lowest BCUT2D eigenvalue weighted by Crippen LogP contribution is -2.30. The maximum absolute atomic E-state index is 13.1. The smallest absolute Gasteiger partial charge is 0.462 e. The van der Waals surface area contributed by atoms with Crippen molar-refractivity contribution in [3.05, 3.63) is 0 Å². The van der Waals surface area contributed by atoms with Crippen molar-refractivity contribution in [3.63, 3.8) is 0 Å². The van der Waals surface area contributed by atoms with Crippen molar-refractivity contribution in [1.82, 2.24) is 0 Å². The van der Waals surface area contributed by atoms with Crippen LogP contribution in [0.1, 0.15) is 382 Å². The van der Waals surface area contributed by atoms with Gasteiger partial charge in [-0.3, -0.25) is 37.3 Å². The molecular weight excluding hydrogens is 1220 g/mol. The number of carbonyl (C=O) groups is 4. The second-order valence-electron chi connectivity index (χ2n) is 27.4. The summed E-state index contributed by atoms with van der Waals surface area (Å²) in [6, 6.07) is 0. The van der Waals surface area contributed by atoms with Gasteiger partial charge in [-0.05, 0) is 37.5 Å². The maximum Gasteiger partial charge on any atom is 0.472 e. The molecule has 3 N–H and O–H groups in total. The van der Waals surface area contributed by atoms with Gasteiger partial charge in [0, 0.05) is 25.7 Å². The Morgan fingerprint density at radius 2 is 0.548 bits per heavy atom. The van der Waals surface area contributed by atoms with E-state index in [4.69, 9.17) is 37.0 Å². The van der Waals surface area contributed by atoms with E-state index < -0.39 is 97.5 Å². The van der Waals surface area contributed by atoms with Crippen LogP contribution in [0.5, 0.6) is 0 Å². The first-order valence-corrected chi connectivity index (χ1v) is 41.5. The van der Waals surface area contributed by atoms with Crippen molar-refractivity contribution in [3.8, 4) is 0 Å². The monoisotopic (exact) mass is 1370 g/mol. The fraction of sp³-hybridized carbons (Fsp3) is 0.946. The summed E-state index contributed by atoms with van der Waals surface area (Å²) in [5.74, 6) is -0.561. The van der Waals surface area contributed by atoms with Crippen LogP contribution < -0.4 is 0 Å². The van der Waals surface area contributed by atoms with Crippen molar-refractivity contribution in [2.45, 2.75) is 400 Å². The number of hydrogen-bond donors (Lipinski definition) is 3. The number of phosphoric ester groups is 2. The summed E-state index contributed by atoms with van der Waals surface area (Å²) in [5.41, 5.74) is 0. The molecule has 0 rings (SSSR count). The molecule has 0 amide bonds.